The van der Waals surface area contributed by atoms with E-state index in [1.54, 1.807) is 0 Å². The van der Waals surface area contributed by atoms with E-state index in [1.165, 1.54) is 0 Å². The van der Waals surface area contributed by atoms with Crippen molar-refractivity contribution in [2.45, 2.75) is 12.8 Å². The Morgan fingerprint density at radius 3 is 2.76 bits per heavy atom. The highest BCUT2D eigenvalue weighted by Gasteiger charge is 2.34. The van der Waals surface area contributed by atoms with Crippen LogP contribution in [0.5, 0.6) is 5.75 Å². The molecule has 1 aliphatic heterocycles. The molecule has 0 saturated heterocycles. The first-order valence-corrected chi connectivity index (χ1v) is 7.89. The van der Waals surface area contributed by atoms with Crippen molar-refractivity contribution < 1.29 is 4.74 Å². The molecule has 0 unspecified atom stereocenters. The van der Waals surface area contributed by atoms with Gasteiger partial charge in [-0.25, -0.2) is 0 Å². The molecule has 3 aromatic rings. The van der Waals surface area contributed by atoms with Crippen molar-refractivity contribution in [1.82, 2.24) is 4.98 Å². The molecule has 1 aromatic heterocycles. The minimum Gasteiger partial charge on any atom is -0.439 e. The van der Waals surface area contributed by atoms with E-state index in [1.807, 2.05) is 55.5 Å². The number of allylic oxidation sites excluding steroid dienone is 1. The highest BCUT2D eigenvalue weighted by atomic mass is 16.5. The monoisotopic (exact) mass is 329 g/mol. The molecular formula is C20H15N3O2. The second-order valence-electron chi connectivity index (χ2n) is 6.08. The molecule has 25 heavy (non-hydrogen) atoms. The minimum atomic E-state index is -0.554. The van der Waals surface area contributed by atoms with E-state index in [0.29, 0.717) is 16.8 Å². The predicted octanol–water partition coefficient (Wildman–Crippen LogP) is 3.05. The Balaban J connectivity index is 2.10. The zero-order valence-corrected chi connectivity index (χ0v) is 13.5. The molecule has 2 heterocycles. The second kappa shape index (κ2) is 5.53. The van der Waals surface area contributed by atoms with Crippen LogP contribution in [0.2, 0.25) is 0 Å². The average Bonchev–Trinajstić information content (AvgIpc) is 2.60. The van der Waals surface area contributed by atoms with Crippen LogP contribution in [0.4, 0.5) is 0 Å². The Morgan fingerprint density at radius 2 is 2.00 bits per heavy atom. The van der Waals surface area contributed by atoms with Crippen LogP contribution in [0.25, 0.3) is 10.9 Å². The van der Waals surface area contributed by atoms with Crippen molar-refractivity contribution in [2.75, 3.05) is 0 Å². The number of nitriles is 1. The van der Waals surface area contributed by atoms with Crippen molar-refractivity contribution in [1.29, 1.82) is 5.26 Å². The summed E-state index contributed by atoms with van der Waals surface area (Å²) in [6, 6.07) is 17.2. The Kier molecular flexibility index (Phi) is 3.33. The molecule has 1 aliphatic rings. The molecule has 0 radical (unpaired) electrons. The molecule has 122 valence electrons. The number of fused-ring (bicyclic) bond motifs is 3. The van der Waals surface area contributed by atoms with Crippen LogP contribution in [0.15, 0.2) is 64.8 Å². The summed E-state index contributed by atoms with van der Waals surface area (Å²) in [6.45, 7) is 1.97. The Bertz CT molecular complexity index is 1140. The van der Waals surface area contributed by atoms with E-state index in [9.17, 15) is 10.1 Å². The lowest BCUT2D eigenvalue weighted by atomic mass is 9.83. The fourth-order valence-electron chi connectivity index (χ4n) is 3.35. The van der Waals surface area contributed by atoms with Gasteiger partial charge in [0.05, 0.1) is 17.0 Å². The van der Waals surface area contributed by atoms with Gasteiger partial charge in [0.2, 0.25) is 5.88 Å². The molecule has 5 nitrogen and oxygen atoms in total. The molecule has 0 fully saturated rings. The quantitative estimate of drug-likeness (QED) is 0.718. The molecule has 2 aromatic carbocycles. The summed E-state index contributed by atoms with van der Waals surface area (Å²) in [6.07, 6.45) is 0. The molecule has 0 saturated carbocycles. The Hall–Kier alpha value is -3.52. The summed E-state index contributed by atoms with van der Waals surface area (Å²) >= 11 is 0. The van der Waals surface area contributed by atoms with Gasteiger partial charge >= 0.3 is 0 Å². The van der Waals surface area contributed by atoms with E-state index >= 15 is 0 Å². The van der Waals surface area contributed by atoms with Crippen LogP contribution in [-0.2, 0) is 0 Å². The summed E-state index contributed by atoms with van der Waals surface area (Å²) in [4.78, 5) is 15.7. The van der Waals surface area contributed by atoms with Gasteiger partial charge in [0, 0.05) is 5.39 Å². The van der Waals surface area contributed by atoms with E-state index in [0.717, 1.165) is 16.5 Å². The van der Waals surface area contributed by atoms with Gasteiger partial charge in [0.15, 0.2) is 0 Å². The van der Waals surface area contributed by atoms with Gasteiger partial charge in [-0.3, -0.25) is 4.79 Å². The number of ether oxygens (including phenoxy) is 1. The standard InChI is InChI=1S/C20H15N3O2/c1-11-5-4-6-12(9-11)16-14(10-21)19(22)25-18-13-7-2-3-8-15(13)23-20(24)17(16)18/h2-9,16H,22H2,1H3,(H,23,24)/t16-/m0/s1. The van der Waals surface area contributed by atoms with Crippen molar-refractivity contribution in [3.63, 3.8) is 0 Å². The third-order valence-electron chi connectivity index (χ3n) is 4.46. The Labute approximate surface area is 144 Å². The largest absolute Gasteiger partial charge is 0.439 e. The van der Waals surface area contributed by atoms with Gasteiger partial charge in [-0.1, -0.05) is 42.0 Å². The van der Waals surface area contributed by atoms with E-state index in [-0.39, 0.29) is 17.0 Å². The zero-order chi connectivity index (χ0) is 17.6. The number of aromatic amines is 1. The number of para-hydroxylation sites is 1. The van der Waals surface area contributed by atoms with Crippen LogP contribution in [0.1, 0.15) is 22.6 Å². The lowest BCUT2D eigenvalue weighted by molar-refractivity contribution is 0.397. The molecule has 0 amide bonds. The zero-order valence-electron chi connectivity index (χ0n) is 13.5. The minimum absolute atomic E-state index is 0.0391. The topological polar surface area (TPSA) is 91.9 Å². The summed E-state index contributed by atoms with van der Waals surface area (Å²) < 4.78 is 5.73. The van der Waals surface area contributed by atoms with Gasteiger partial charge in [-0.05, 0) is 24.6 Å². The van der Waals surface area contributed by atoms with Crippen molar-refractivity contribution in [3.8, 4) is 11.8 Å². The first-order chi connectivity index (χ1) is 12.1. The van der Waals surface area contributed by atoms with E-state index in [2.05, 4.69) is 11.1 Å². The fourth-order valence-corrected chi connectivity index (χ4v) is 3.35. The number of nitrogens with two attached hydrogens (primary N) is 1. The molecular weight excluding hydrogens is 314 g/mol. The number of benzene rings is 2. The highest BCUT2D eigenvalue weighted by Crippen LogP contribution is 2.42. The van der Waals surface area contributed by atoms with Crippen LogP contribution < -0.4 is 16.0 Å². The van der Waals surface area contributed by atoms with Crippen LogP contribution >= 0.6 is 0 Å². The van der Waals surface area contributed by atoms with Gasteiger partial charge in [-0.2, -0.15) is 5.26 Å². The van der Waals surface area contributed by atoms with Gasteiger partial charge in [-0.15, -0.1) is 0 Å². The Morgan fingerprint density at radius 1 is 1.20 bits per heavy atom. The first-order valence-electron chi connectivity index (χ1n) is 7.89. The van der Waals surface area contributed by atoms with Crippen LogP contribution in [0.3, 0.4) is 0 Å². The van der Waals surface area contributed by atoms with Crippen molar-refractivity contribution in [3.05, 3.63) is 87.0 Å². The smallest absolute Gasteiger partial charge is 0.256 e. The van der Waals surface area contributed by atoms with Gasteiger partial charge in [0.25, 0.3) is 5.56 Å². The number of pyridine rings is 1. The fraction of sp³-hybridized carbons (Fsp3) is 0.100. The van der Waals surface area contributed by atoms with E-state index in [4.69, 9.17) is 10.5 Å². The van der Waals surface area contributed by atoms with Crippen molar-refractivity contribution in [2.24, 2.45) is 5.73 Å². The molecule has 1 atom stereocenters. The summed E-state index contributed by atoms with van der Waals surface area (Å²) in [5.41, 5.74) is 8.96. The van der Waals surface area contributed by atoms with Crippen LogP contribution in [-0.4, -0.2) is 4.98 Å². The maximum atomic E-state index is 12.8. The molecule has 5 heteroatoms. The number of aromatic nitrogens is 1. The first kappa shape index (κ1) is 15.0. The number of nitrogens with one attached hydrogen (secondary N) is 1. The molecule has 0 bridgehead atoms. The normalized spacial score (nSPS) is 16.2. The number of rotatable bonds is 1. The lowest BCUT2D eigenvalue weighted by Crippen LogP contribution is -2.27. The second-order valence-corrected chi connectivity index (χ2v) is 6.08. The number of nitrogens with zero attached hydrogens (tertiary/aromatic N) is 1. The summed E-state index contributed by atoms with van der Waals surface area (Å²) in [5.74, 6) is -0.0957. The number of hydrogen-bond donors (Lipinski definition) is 2. The third-order valence-corrected chi connectivity index (χ3v) is 4.46. The van der Waals surface area contributed by atoms with Crippen LogP contribution in [0, 0.1) is 18.3 Å². The number of H-pyrrole nitrogens is 1. The molecule has 0 spiro atoms. The number of aryl methyl sites for hydroxylation is 1. The SMILES string of the molecule is Cc1cccc([C@H]2C(C#N)=C(N)Oc3c2c(=O)[nH]c2ccccc32)c1. The molecule has 4 rings (SSSR count). The molecule has 0 aliphatic carbocycles. The van der Waals surface area contributed by atoms with E-state index < -0.39 is 5.92 Å². The maximum absolute atomic E-state index is 12.8. The van der Waals surface area contributed by atoms with Gasteiger partial charge < -0.3 is 15.5 Å². The third kappa shape index (κ3) is 2.27. The maximum Gasteiger partial charge on any atom is 0.256 e. The molecule has 3 N–H and O–H groups in total. The number of hydrogen-bond acceptors (Lipinski definition) is 4. The highest BCUT2D eigenvalue weighted by molar-refractivity contribution is 5.87. The summed E-state index contributed by atoms with van der Waals surface area (Å²) in [7, 11) is 0. The van der Waals surface area contributed by atoms with Gasteiger partial charge in [0.1, 0.15) is 17.4 Å². The summed E-state index contributed by atoms with van der Waals surface area (Å²) in [5, 5.41) is 10.4. The average molecular weight is 329 g/mol. The van der Waals surface area contributed by atoms with Crippen molar-refractivity contribution >= 4 is 10.9 Å². The predicted molar refractivity (Wildman–Crippen MR) is 95.0 cm³/mol. The lowest BCUT2D eigenvalue weighted by Gasteiger charge is -2.26.